The molecule has 0 saturated carbocycles. The van der Waals surface area contributed by atoms with E-state index in [0.717, 1.165) is 11.1 Å². The topological polar surface area (TPSA) is 83.5 Å². The smallest absolute Gasteiger partial charge is 0.211 e. The number of hydrogen-bond acceptors (Lipinski definition) is 7. The van der Waals surface area contributed by atoms with E-state index in [1.165, 1.54) is 34.5 Å². The molecule has 0 radical (unpaired) electrons. The summed E-state index contributed by atoms with van der Waals surface area (Å²) in [5.74, 6) is 0.122. The summed E-state index contributed by atoms with van der Waals surface area (Å²) in [5.41, 5.74) is 1.76. The summed E-state index contributed by atoms with van der Waals surface area (Å²) in [6.45, 7) is 0.467. The normalized spacial score (nSPS) is 10.7. The molecule has 0 unspecified atom stereocenters. The van der Waals surface area contributed by atoms with Crippen LogP contribution in [0.2, 0.25) is 0 Å². The second-order valence-corrected chi connectivity index (χ2v) is 6.90. The first-order valence-corrected chi connectivity index (χ1v) is 10.1. The van der Waals surface area contributed by atoms with Gasteiger partial charge in [-0.05, 0) is 29.3 Å². The van der Waals surface area contributed by atoms with Crippen LogP contribution in [0.4, 0.5) is 0 Å². The fourth-order valence-corrected chi connectivity index (χ4v) is 3.30. The molecule has 0 fully saturated rings. The third kappa shape index (κ3) is 5.20. The summed E-state index contributed by atoms with van der Waals surface area (Å²) in [7, 11) is 5.53. The number of ether oxygens (including phenoxy) is 5. The highest BCUT2D eigenvalue weighted by atomic mass is 16.5. The van der Waals surface area contributed by atoms with E-state index in [1.807, 2.05) is 54.6 Å². The lowest BCUT2D eigenvalue weighted by Gasteiger charge is -2.19. The van der Waals surface area contributed by atoms with E-state index in [9.17, 15) is 9.90 Å². The van der Waals surface area contributed by atoms with Crippen molar-refractivity contribution < 1.29 is 33.6 Å². The van der Waals surface area contributed by atoms with Crippen molar-refractivity contribution in [2.45, 2.75) is 6.61 Å². The number of carbonyl (C=O) groups is 1. The first-order valence-electron chi connectivity index (χ1n) is 10.1. The molecule has 0 heterocycles. The molecule has 0 amide bonds. The van der Waals surface area contributed by atoms with E-state index in [2.05, 4.69) is 0 Å². The third-order valence-corrected chi connectivity index (χ3v) is 4.92. The number of rotatable bonds is 10. The van der Waals surface area contributed by atoms with Crippen LogP contribution in [0.5, 0.6) is 34.5 Å². The highest BCUT2D eigenvalue weighted by Crippen LogP contribution is 2.53. The summed E-state index contributed by atoms with van der Waals surface area (Å²) < 4.78 is 27.0. The fraction of sp³-hybridized carbons (Fsp3) is 0.192. The summed E-state index contributed by atoms with van der Waals surface area (Å²) in [6.07, 6.45) is 2.97. The SMILES string of the molecule is COc1c(O)c(C(=O)C=Cc2ccc(OCc3ccccc3)cc2)c(OC)c(OC)c1OC. The van der Waals surface area contributed by atoms with Gasteiger partial charge in [-0.2, -0.15) is 0 Å². The lowest BCUT2D eigenvalue weighted by molar-refractivity contribution is 0.104. The van der Waals surface area contributed by atoms with Crippen LogP contribution in [0.25, 0.3) is 6.08 Å². The number of benzene rings is 3. The van der Waals surface area contributed by atoms with Gasteiger partial charge in [0.15, 0.2) is 17.3 Å². The Kier molecular flexibility index (Phi) is 7.81. The molecule has 3 aromatic carbocycles. The molecule has 0 aliphatic heterocycles. The van der Waals surface area contributed by atoms with Gasteiger partial charge in [0.1, 0.15) is 17.9 Å². The van der Waals surface area contributed by atoms with E-state index in [1.54, 1.807) is 6.08 Å². The molecule has 172 valence electrons. The minimum absolute atomic E-state index is 0.0215. The Bertz CT molecular complexity index is 1120. The Morgan fingerprint density at radius 2 is 1.36 bits per heavy atom. The van der Waals surface area contributed by atoms with Crippen LogP contribution in [0.1, 0.15) is 21.5 Å². The molecule has 0 spiro atoms. The number of allylic oxidation sites excluding steroid dienone is 1. The van der Waals surface area contributed by atoms with Crippen LogP contribution >= 0.6 is 0 Å². The second-order valence-electron chi connectivity index (χ2n) is 6.90. The van der Waals surface area contributed by atoms with Gasteiger partial charge in [-0.3, -0.25) is 4.79 Å². The van der Waals surface area contributed by atoms with Gasteiger partial charge < -0.3 is 28.8 Å². The van der Waals surface area contributed by atoms with Gasteiger partial charge in [-0.25, -0.2) is 0 Å². The minimum atomic E-state index is -0.493. The molecule has 7 nitrogen and oxygen atoms in total. The number of methoxy groups -OCH3 is 4. The van der Waals surface area contributed by atoms with E-state index < -0.39 is 11.5 Å². The van der Waals surface area contributed by atoms with Crippen molar-refractivity contribution in [2.75, 3.05) is 28.4 Å². The van der Waals surface area contributed by atoms with Gasteiger partial charge in [0.2, 0.25) is 17.2 Å². The van der Waals surface area contributed by atoms with Gasteiger partial charge in [-0.15, -0.1) is 0 Å². The average Bonchev–Trinajstić information content (AvgIpc) is 2.86. The predicted molar refractivity (Wildman–Crippen MR) is 125 cm³/mol. The zero-order valence-corrected chi connectivity index (χ0v) is 19.0. The van der Waals surface area contributed by atoms with Crippen LogP contribution in [-0.2, 0) is 6.61 Å². The molecule has 0 aromatic heterocycles. The Labute approximate surface area is 192 Å². The standard InChI is InChI=1S/C26H26O7/c1-29-23-21(22(28)24(30-2)26(32-4)25(23)31-3)20(27)15-12-17-10-13-19(14-11-17)33-16-18-8-6-5-7-9-18/h5-15,28H,16H2,1-4H3. The Hall–Kier alpha value is -4.13. The number of phenols is 1. The van der Waals surface area contributed by atoms with E-state index >= 15 is 0 Å². The molecular formula is C26H26O7. The fourth-order valence-electron chi connectivity index (χ4n) is 3.30. The van der Waals surface area contributed by atoms with Crippen molar-refractivity contribution in [3.05, 3.63) is 77.4 Å². The molecule has 3 rings (SSSR count). The van der Waals surface area contributed by atoms with Gasteiger partial charge in [0.05, 0.1) is 28.4 Å². The molecule has 0 atom stereocenters. The highest BCUT2D eigenvalue weighted by Gasteiger charge is 2.30. The van der Waals surface area contributed by atoms with Crippen molar-refractivity contribution >= 4 is 11.9 Å². The molecule has 1 N–H and O–H groups in total. The summed E-state index contributed by atoms with van der Waals surface area (Å²) in [5, 5.41) is 10.7. The van der Waals surface area contributed by atoms with Crippen molar-refractivity contribution in [1.29, 1.82) is 0 Å². The minimum Gasteiger partial charge on any atom is -0.504 e. The van der Waals surface area contributed by atoms with E-state index in [4.69, 9.17) is 23.7 Å². The number of aromatic hydroxyl groups is 1. The zero-order valence-electron chi connectivity index (χ0n) is 19.0. The number of hydrogen-bond donors (Lipinski definition) is 1. The summed E-state index contributed by atoms with van der Waals surface area (Å²) in [6, 6.07) is 17.2. The van der Waals surface area contributed by atoms with Crippen molar-refractivity contribution in [2.24, 2.45) is 0 Å². The molecule has 7 heteroatoms. The zero-order chi connectivity index (χ0) is 23.8. The maximum Gasteiger partial charge on any atom is 0.211 e. The number of carbonyl (C=O) groups excluding carboxylic acids is 1. The first kappa shape index (κ1) is 23.5. The highest BCUT2D eigenvalue weighted by molar-refractivity contribution is 6.12. The van der Waals surface area contributed by atoms with Gasteiger partial charge in [0, 0.05) is 0 Å². The van der Waals surface area contributed by atoms with Crippen LogP contribution in [0, 0.1) is 0 Å². The van der Waals surface area contributed by atoms with Crippen molar-refractivity contribution in [3.63, 3.8) is 0 Å². The lowest BCUT2D eigenvalue weighted by atomic mass is 10.0. The third-order valence-electron chi connectivity index (χ3n) is 4.92. The first-order chi connectivity index (χ1) is 16.0. The Balaban J connectivity index is 1.81. The van der Waals surface area contributed by atoms with Crippen molar-refractivity contribution in [1.82, 2.24) is 0 Å². The Morgan fingerprint density at radius 1 is 0.788 bits per heavy atom. The molecule has 33 heavy (non-hydrogen) atoms. The van der Waals surface area contributed by atoms with Crippen LogP contribution in [0.15, 0.2) is 60.7 Å². The monoisotopic (exact) mass is 450 g/mol. The van der Waals surface area contributed by atoms with Crippen LogP contribution in [-0.4, -0.2) is 39.3 Å². The molecule has 3 aromatic rings. The lowest BCUT2D eigenvalue weighted by Crippen LogP contribution is -2.05. The van der Waals surface area contributed by atoms with Crippen LogP contribution < -0.4 is 23.7 Å². The second kappa shape index (κ2) is 10.9. The quantitative estimate of drug-likeness (QED) is 0.347. The van der Waals surface area contributed by atoms with E-state index in [0.29, 0.717) is 12.4 Å². The average molecular weight is 450 g/mol. The molecule has 0 saturated heterocycles. The maximum absolute atomic E-state index is 13.0. The largest absolute Gasteiger partial charge is 0.504 e. The maximum atomic E-state index is 13.0. The molecule has 0 aliphatic rings. The van der Waals surface area contributed by atoms with Crippen molar-refractivity contribution in [3.8, 4) is 34.5 Å². The van der Waals surface area contributed by atoms with Gasteiger partial charge >= 0.3 is 0 Å². The van der Waals surface area contributed by atoms with Crippen LogP contribution in [0.3, 0.4) is 0 Å². The van der Waals surface area contributed by atoms with Gasteiger partial charge in [-0.1, -0.05) is 48.5 Å². The Morgan fingerprint density at radius 3 is 1.94 bits per heavy atom. The predicted octanol–water partition coefficient (Wildman–Crippen LogP) is 4.90. The summed E-state index contributed by atoms with van der Waals surface area (Å²) in [4.78, 5) is 13.0. The molecular weight excluding hydrogens is 424 g/mol. The molecule has 0 bridgehead atoms. The van der Waals surface area contributed by atoms with Gasteiger partial charge in [0.25, 0.3) is 0 Å². The van der Waals surface area contributed by atoms with E-state index in [-0.39, 0.29) is 28.6 Å². The molecule has 0 aliphatic carbocycles. The number of ketones is 1. The number of phenolic OH excluding ortho intramolecular Hbond substituents is 1. The summed E-state index contributed by atoms with van der Waals surface area (Å²) >= 11 is 0.